The third-order valence-corrected chi connectivity index (χ3v) is 2.84. The summed E-state index contributed by atoms with van der Waals surface area (Å²) < 4.78 is 10.9. The lowest BCUT2D eigenvalue weighted by Gasteiger charge is -2.19. The number of rotatable bonds is 8. The zero-order chi connectivity index (χ0) is 14.3. The van der Waals surface area contributed by atoms with E-state index in [0.717, 1.165) is 5.75 Å². The average Bonchev–Trinajstić information content (AvgIpc) is 2.37. The summed E-state index contributed by atoms with van der Waals surface area (Å²) >= 11 is 0. The van der Waals surface area contributed by atoms with Crippen molar-refractivity contribution in [2.75, 3.05) is 13.7 Å². The molecule has 0 heterocycles. The standard InChI is InChI=1S/C14H21NO4/c1-10(6-11(9-15)7-14(16)17)19-13-5-3-4-12(8-13)18-2/h3-5,8,10-11H,6-7,9,15H2,1-2H3,(H,16,17). The van der Waals surface area contributed by atoms with Crippen molar-refractivity contribution >= 4 is 5.97 Å². The number of benzene rings is 1. The summed E-state index contributed by atoms with van der Waals surface area (Å²) in [6, 6.07) is 7.32. The van der Waals surface area contributed by atoms with Crippen LogP contribution in [0.3, 0.4) is 0 Å². The highest BCUT2D eigenvalue weighted by Gasteiger charge is 2.16. The highest BCUT2D eigenvalue weighted by atomic mass is 16.5. The first-order chi connectivity index (χ1) is 9.05. The van der Waals surface area contributed by atoms with Crippen molar-refractivity contribution in [2.45, 2.75) is 25.9 Å². The third kappa shape index (κ3) is 5.61. The maximum absolute atomic E-state index is 10.7. The van der Waals surface area contributed by atoms with Crippen LogP contribution in [-0.4, -0.2) is 30.8 Å². The van der Waals surface area contributed by atoms with Crippen LogP contribution in [0, 0.1) is 5.92 Å². The lowest BCUT2D eigenvalue weighted by molar-refractivity contribution is -0.138. The first-order valence-electron chi connectivity index (χ1n) is 6.27. The Bertz CT molecular complexity index is 408. The van der Waals surface area contributed by atoms with Crippen molar-refractivity contribution in [3.8, 4) is 11.5 Å². The van der Waals surface area contributed by atoms with Gasteiger partial charge in [0.1, 0.15) is 11.5 Å². The zero-order valence-electron chi connectivity index (χ0n) is 11.3. The van der Waals surface area contributed by atoms with E-state index < -0.39 is 5.97 Å². The molecule has 0 fully saturated rings. The number of carboxylic acids is 1. The first-order valence-corrected chi connectivity index (χ1v) is 6.27. The summed E-state index contributed by atoms with van der Waals surface area (Å²) in [4.78, 5) is 10.7. The van der Waals surface area contributed by atoms with Gasteiger partial charge in [0.05, 0.1) is 13.2 Å². The summed E-state index contributed by atoms with van der Waals surface area (Å²) in [7, 11) is 1.60. The van der Waals surface area contributed by atoms with Gasteiger partial charge in [-0.2, -0.15) is 0 Å². The molecule has 0 bridgehead atoms. The fraction of sp³-hybridized carbons (Fsp3) is 0.500. The minimum Gasteiger partial charge on any atom is -0.497 e. The topological polar surface area (TPSA) is 81.8 Å². The van der Waals surface area contributed by atoms with Crippen LogP contribution in [0.2, 0.25) is 0 Å². The molecule has 1 rings (SSSR count). The molecule has 0 aliphatic rings. The van der Waals surface area contributed by atoms with Crippen molar-refractivity contribution < 1.29 is 19.4 Å². The molecule has 1 aromatic rings. The quantitative estimate of drug-likeness (QED) is 0.751. The number of hydrogen-bond donors (Lipinski definition) is 2. The number of nitrogens with two attached hydrogens (primary N) is 1. The molecule has 0 spiro atoms. The normalized spacial score (nSPS) is 13.6. The molecule has 0 aliphatic heterocycles. The van der Waals surface area contributed by atoms with E-state index in [2.05, 4.69) is 0 Å². The van der Waals surface area contributed by atoms with Gasteiger partial charge >= 0.3 is 5.97 Å². The smallest absolute Gasteiger partial charge is 0.303 e. The maximum Gasteiger partial charge on any atom is 0.303 e. The Hall–Kier alpha value is -1.75. The lowest BCUT2D eigenvalue weighted by Crippen LogP contribution is -2.24. The molecule has 106 valence electrons. The Morgan fingerprint density at radius 3 is 2.68 bits per heavy atom. The van der Waals surface area contributed by atoms with E-state index in [4.69, 9.17) is 20.3 Å². The van der Waals surface area contributed by atoms with Gasteiger partial charge in [-0.25, -0.2) is 0 Å². The number of methoxy groups -OCH3 is 1. The molecule has 3 N–H and O–H groups in total. The Balaban J connectivity index is 2.53. The zero-order valence-corrected chi connectivity index (χ0v) is 11.3. The summed E-state index contributed by atoms with van der Waals surface area (Å²) in [6.07, 6.45) is 0.586. The van der Waals surface area contributed by atoms with Gasteiger partial charge in [-0.05, 0) is 37.9 Å². The highest BCUT2D eigenvalue weighted by molar-refractivity contribution is 5.67. The minimum absolute atomic E-state index is 0.0712. The number of ether oxygens (including phenoxy) is 2. The highest BCUT2D eigenvalue weighted by Crippen LogP contribution is 2.22. The van der Waals surface area contributed by atoms with Gasteiger partial charge in [0.2, 0.25) is 0 Å². The molecule has 0 saturated carbocycles. The van der Waals surface area contributed by atoms with Crippen molar-refractivity contribution in [2.24, 2.45) is 11.7 Å². The maximum atomic E-state index is 10.7. The molecule has 0 radical (unpaired) electrons. The van der Waals surface area contributed by atoms with Gasteiger partial charge in [-0.1, -0.05) is 6.07 Å². The molecule has 2 atom stereocenters. The van der Waals surface area contributed by atoms with Gasteiger partial charge in [0, 0.05) is 12.5 Å². The van der Waals surface area contributed by atoms with Crippen molar-refractivity contribution in [1.29, 1.82) is 0 Å². The second-order valence-corrected chi connectivity index (χ2v) is 4.54. The molecule has 0 aliphatic carbocycles. The Morgan fingerprint density at radius 2 is 2.11 bits per heavy atom. The van der Waals surface area contributed by atoms with Crippen LogP contribution in [0.5, 0.6) is 11.5 Å². The van der Waals surface area contributed by atoms with E-state index in [1.54, 1.807) is 13.2 Å². The van der Waals surface area contributed by atoms with E-state index >= 15 is 0 Å². The molecule has 0 aromatic heterocycles. The molecule has 19 heavy (non-hydrogen) atoms. The van der Waals surface area contributed by atoms with Crippen molar-refractivity contribution in [1.82, 2.24) is 0 Å². The van der Waals surface area contributed by atoms with Crippen LogP contribution >= 0.6 is 0 Å². The number of hydrogen-bond acceptors (Lipinski definition) is 4. The Morgan fingerprint density at radius 1 is 1.42 bits per heavy atom. The fourth-order valence-electron chi connectivity index (χ4n) is 1.93. The summed E-state index contributed by atoms with van der Waals surface area (Å²) in [5.41, 5.74) is 5.57. The Kier molecular flexibility index (Phi) is 6.15. The predicted octanol–water partition coefficient (Wildman–Crippen LogP) is 1.90. The van der Waals surface area contributed by atoms with Crippen LogP contribution in [-0.2, 0) is 4.79 Å². The second-order valence-electron chi connectivity index (χ2n) is 4.54. The van der Waals surface area contributed by atoms with Crippen LogP contribution in [0.4, 0.5) is 0 Å². The molecule has 2 unspecified atom stereocenters. The lowest BCUT2D eigenvalue weighted by atomic mass is 9.99. The average molecular weight is 267 g/mol. The summed E-state index contributed by atoms with van der Waals surface area (Å²) in [6.45, 7) is 2.25. The SMILES string of the molecule is COc1cccc(OC(C)CC(CN)CC(=O)O)c1. The van der Waals surface area contributed by atoms with Crippen LogP contribution < -0.4 is 15.2 Å². The van der Waals surface area contributed by atoms with Gasteiger partial charge in [0.15, 0.2) is 0 Å². The van der Waals surface area contributed by atoms with Crippen LogP contribution in [0.15, 0.2) is 24.3 Å². The Labute approximate surface area is 113 Å². The van der Waals surface area contributed by atoms with E-state index in [9.17, 15) is 4.79 Å². The number of aliphatic carboxylic acids is 1. The molecular formula is C14H21NO4. The predicted molar refractivity (Wildman–Crippen MR) is 72.5 cm³/mol. The monoisotopic (exact) mass is 267 g/mol. The number of carbonyl (C=O) groups is 1. The fourth-order valence-corrected chi connectivity index (χ4v) is 1.93. The molecular weight excluding hydrogens is 246 g/mol. The van der Waals surface area contributed by atoms with Gasteiger partial charge in [-0.15, -0.1) is 0 Å². The summed E-state index contributed by atoms with van der Waals surface area (Å²) in [5, 5.41) is 8.77. The largest absolute Gasteiger partial charge is 0.497 e. The minimum atomic E-state index is -0.830. The number of carboxylic acid groups (broad SMARTS) is 1. The first kappa shape index (κ1) is 15.3. The van der Waals surface area contributed by atoms with Crippen LogP contribution in [0.25, 0.3) is 0 Å². The summed E-state index contributed by atoms with van der Waals surface area (Å²) in [5.74, 6) is 0.533. The van der Waals surface area contributed by atoms with E-state index in [1.807, 2.05) is 25.1 Å². The van der Waals surface area contributed by atoms with Gasteiger partial charge < -0.3 is 20.3 Å². The van der Waals surface area contributed by atoms with E-state index in [1.165, 1.54) is 0 Å². The van der Waals surface area contributed by atoms with Crippen molar-refractivity contribution in [3.63, 3.8) is 0 Å². The molecule has 5 nitrogen and oxygen atoms in total. The molecule has 1 aromatic carbocycles. The molecule has 0 saturated heterocycles. The third-order valence-electron chi connectivity index (χ3n) is 2.84. The van der Waals surface area contributed by atoms with Crippen molar-refractivity contribution in [3.05, 3.63) is 24.3 Å². The van der Waals surface area contributed by atoms with E-state index in [0.29, 0.717) is 18.7 Å². The van der Waals surface area contributed by atoms with E-state index in [-0.39, 0.29) is 18.4 Å². The van der Waals surface area contributed by atoms with Gasteiger partial charge in [0.25, 0.3) is 0 Å². The van der Waals surface area contributed by atoms with Crippen LogP contribution in [0.1, 0.15) is 19.8 Å². The molecule has 0 amide bonds. The molecule has 5 heteroatoms. The second kappa shape index (κ2) is 7.63. The van der Waals surface area contributed by atoms with Gasteiger partial charge in [-0.3, -0.25) is 4.79 Å².